The number of nitrogens with one attached hydrogen (secondary N) is 1. The fourth-order valence-corrected chi connectivity index (χ4v) is 1.99. The molecule has 0 unspecified atom stereocenters. The highest BCUT2D eigenvalue weighted by atomic mass is 127. The molecule has 0 spiro atoms. The highest BCUT2D eigenvalue weighted by molar-refractivity contribution is 14.1. The number of benzene rings is 1. The van der Waals surface area contributed by atoms with Crippen LogP contribution in [0.25, 0.3) is 0 Å². The van der Waals surface area contributed by atoms with Gasteiger partial charge in [0.1, 0.15) is 12.4 Å². The first-order chi connectivity index (χ1) is 9.47. The molecule has 0 bridgehead atoms. The van der Waals surface area contributed by atoms with Gasteiger partial charge in [-0.05, 0) is 40.8 Å². The van der Waals surface area contributed by atoms with Crippen LogP contribution in [0.3, 0.4) is 0 Å². The molecule has 1 amide bonds. The zero-order chi connectivity index (χ0) is 14.7. The first kappa shape index (κ1) is 14.4. The minimum absolute atomic E-state index is 0.168. The Balaban J connectivity index is 2.15. The molecule has 3 N–H and O–H groups in total. The maximum atomic E-state index is 13.1. The number of nitrogens with zero attached hydrogens (tertiary/aromatic N) is 2. The van der Waals surface area contributed by atoms with E-state index in [1.807, 2.05) is 22.6 Å². The van der Waals surface area contributed by atoms with Crippen molar-refractivity contribution in [1.29, 1.82) is 0 Å². The van der Waals surface area contributed by atoms with Crippen molar-refractivity contribution in [1.82, 2.24) is 9.55 Å². The SMILES string of the molecule is Nc1ccc(F)cc1NC(=O)Cn1cncc(I)c1=O. The quantitative estimate of drug-likeness (QED) is 0.611. The summed E-state index contributed by atoms with van der Waals surface area (Å²) in [5.41, 5.74) is 5.72. The number of nitrogen functional groups attached to an aromatic ring is 1. The average molecular weight is 388 g/mol. The number of anilines is 2. The monoisotopic (exact) mass is 388 g/mol. The second-order valence-electron chi connectivity index (χ2n) is 3.95. The van der Waals surface area contributed by atoms with Crippen LogP contribution in [-0.4, -0.2) is 15.5 Å². The van der Waals surface area contributed by atoms with E-state index < -0.39 is 11.7 Å². The molecular weight excluding hydrogens is 378 g/mol. The van der Waals surface area contributed by atoms with Gasteiger partial charge < -0.3 is 11.1 Å². The van der Waals surface area contributed by atoms with Crippen molar-refractivity contribution in [3.8, 4) is 0 Å². The Hall–Kier alpha value is -1.97. The molecule has 20 heavy (non-hydrogen) atoms. The van der Waals surface area contributed by atoms with E-state index in [2.05, 4.69) is 10.3 Å². The molecule has 0 aliphatic heterocycles. The predicted molar refractivity (Wildman–Crippen MR) is 80.7 cm³/mol. The molecule has 0 radical (unpaired) electrons. The molecule has 1 heterocycles. The van der Waals surface area contributed by atoms with Gasteiger partial charge in [-0.25, -0.2) is 9.37 Å². The molecule has 8 heteroatoms. The van der Waals surface area contributed by atoms with Crippen LogP contribution in [0.1, 0.15) is 0 Å². The molecule has 0 aliphatic carbocycles. The third kappa shape index (κ3) is 3.32. The lowest BCUT2D eigenvalue weighted by atomic mass is 10.2. The first-order valence-corrected chi connectivity index (χ1v) is 6.60. The van der Waals surface area contributed by atoms with Crippen molar-refractivity contribution in [2.24, 2.45) is 0 Å². The van der Waals surface area contributed by atoms with Gasteiger partial charge in [-0.2, -0.15) is 0 Å². The van der Waals surface area contributed by atoms with Crippen molar-refractivity contribution in [3.05, 3.63) is 50.5 Å². The fourth-order valence-electron chi connectivity index (χ4n) is 1.52. The van der Waals surface area contributed by atoms with Gasteiger partial charge in [-0.15, -0.1) is 0 Å². The summed E-state index contributed by atoms with van der Waals surface area (Å²) in [6.07, 6.45) is 2.67. The van der Waals surface area contributed by atoms with Crippen molar-refractivity contribution >= 4 is 39.9 Å². The van der Waals surface area contributed by atoms with Gasteiger partial charge in [0, 0.05) is 6.20 Å². The Morgan fingerprint density at radius 3 is 3.00 bits per heavy atom. The molecule has 1 aromatic carbocycles. The van der Waals surface area contributed by atoms with Crippen LogP contribution in [0.15, 0.2) is 35.5 Å². The fraction of sp³-hybridized carbons (Fsp3) is 0.0833. The topological polar surface area (TPSA) is 90.0 Å². The van der Waals surface area contributed by atoms with Gasteiger partial charge in [0.05, 0.1) is 21.3 Å². The number of aromatic nitrogens is 2. The van der Waals surface area contributed by atoms with Crippen LogP contribution in [0.4, 0.5) is 15.8 Å². The van der Waals surface area contributed by atoms with Crippen LogP contribution in [0, 0.1) is 9.39 Å². The summed E-state index contributed by atoms with van der Waals surface area (Å²) in [5.74, 6) is -1.00. The van der Waals surface area contributed by atoms with E-state index in [-0.39, 0.29) is 23.5 Å². The van der Waals surface area contributed by atoms with Crippen LogP contribution < -0.4 is 16.6 Å². The molecule has 2 rings (SSSR count). The number of rotatable bonds is 3. The number of amides is 1. The summed E-state index contributed by atoms with van der Waals surface area (Å²) in [4.78, 5) is 27.4. The normalized spacial score (nSPS) is 10.3. The van der Waals surface area contributed by atoms with E-state index in [1.165, 1.54) is 24.7 Å². The van der Waals surface area contributed by atoms with Crippen molar-refractivity contribution in [2.45, 2.75) is 6.54 Å². The molecule has 0 aliphatic rings. The first-order valence-electron chi connectivity index (χ1n) is 5.52. The minimum atomic E-state index is -0.511. The Bertz CT molecular complexity index is 717. The van der Waals surface area contributed by atoms with Crippen molar-refractivity contribution in [2.75, 3.05) is 11.1 Å². The molecule has 0 fully saturated rings. The maximum Gasteiger partial charge on any atom is 0.267 e. The van der Waals surface area contributed by atoms with E-state index >= 15 is 0 Å². The molecule has 1 aromatic heterocycles. The smallest absolute Gasteiger partial charge is 0.267 e. The van der Waals surface area contributed by atoms with Crippen LogP contribution >= 0.6 is 22.6 Å². The third-order valence-corrected chi connectivity index (χ3v) is 3.20. The zero-order valence-electron chi connectivity index (χ0n) is 10.1. The summed E-state index contributed by atoms with van der Waals surface area (Å²) in [6.45, 7) is -0.224. The van der Waals surface area contributed by atoms with E-state index in [0.717, 1.165) is 10.6 Å². The second-order valence-corrected chi connectivity index (χ2v) is 5.12. The number of hydrogen-bond acceptors (Lipinski definition) is 4. The van der Waals surface area contributed by atoms with Gasteiger partial charge in [-0.3, -0.25) is 14.2 Å². The van der Waals surface area contributed by atoms with Crippen LogP contribution in [0.5, 0.6) is 0 Å². The highest BCUT2D eigenvalue weighted by Crippen LogP contribution is 2.18. The summed E-state index contributed by atoms with van der Waals surface area (Å²) < 4.78 is 14.6. The number of carbonyl (C=O) groups is 1. The average Bonchev–Trinajstić information content (AvgIpc) is 2.39. The Labute approximate surface area is 127 Å². The largest absolute Gasteiger partial charge is 0.397 e. The number of hydrogen-bond donors (Lipinski definition) is 2. The summed E-state index contributed by atoms with van der Waals surface area (Å²) >= 11 is 1.83. The number of carbonyl (C=O) groups excluding carboxylic acids is 1. The molecule has 0 saturated carbocycles. The van der Waals surface area contributed by atoms with E-state index in [0.29, 0.717) is 3.57 Å². The molecular formula is C12H10FIN4O2. The minimum Gasteiger partial charge on any atom is -0.397 e. The summed E-state index contributed by atoms with van der Waals surface area (Å²) in [5, 5.41) is 2.45. The summed E-state index contributed by atoms with van der Waals surface area (Å²) in [6, 6.07) is 3.66. The second kappa shape index (κ2) is 5.99. The molecule has 6 nitrogen and oxygen atoms in total. The molecule has 2 aromatic rings. The van der Waals surface area contributed by atoms with Gasteiger partial charge in [0.2, 0.25) is 5.91 Å². The van der Waals surface area contributed by atoms with Crippen LogP contribution in [0.2, 0.25) is 0 Å². The lowest BCUT2D eigenvalue weighted by Crippen LogP contribution is -2.29. The zero-order valence-corrected chi connectivity index (χ0v) is 12.3. The van der Waals surface area contributed by atoms with Crippen molar-refractivity contribution < 1.29 is 9.18 Å². The molecule has 0 saturated heterocycles. The van der Waals surface area contributed by atoms with Crippen molar-refractivity contribution in [3.63, 3.8) is 0 Å². The lowest BCUT2D eigenvalue weighted by Gasteiger charge is -2.09. The standard InChI is InChI=1S/C12H10FIN4O2/c13-7-1-2-9(15)10(3-7)17-11(19)5-18-6-16-4-8(14)12(18)20/h1-4,6H,5,15H2,(H,17,19). The number of halogens is 2. The van der Waals surface area contributed by atoms with E-state index in [9.17, 15) is 14.0 Å². The highest BCUT2D eigenvalue weighted by Gasteiger charge is 2.09. The van der Waals surface area contributed by atoms with E-state index in [1.54, 1.807) is 0 Å². The lowest BCUT2D eigenvalue weighted by molar-refractivity contribution is -0.116. The Morgan fingerprint density at radius 2 is 2.25 bits per heavy atom. The molecule has 0 atom stereocenters. The van der Waals surface area contributed by atoms with Gasteiger partial charge in [0.15, 0.2) is 0 Å². The third-order valence-electron chi connectivity index (χ3n) is 2.46. The number of nitrogens with two attached hydrogens (primary N) is 1. The maximum absolute atomic E-state index is 13.1. The predicted octanol–water partition coefficient (Wildman–Crippen LogP) is 1.21. The Morgan fingerprint density at radius 1 is 1.50 bits per heavy atom. The summed E-state index contributed by atoms with van der Waals surface area (Å²) in [7, 11) is 0. The van der Waals surface area contributed by atoms with Gasteiger partial charge in [0.25, 0.3) is 5.56 Å². The van der Waals surface area contributed by atoms with Crippen LogP contribution in [-0.2, 0) is 11.3 Å². The van der Waals surface area contributed by atoms with E-state index in [4.69, 9.17) is 5.73 Å². The Kier molecular flexibility index (Phi) is 4.32. The van der Waals surface area contributed by atoms with Gasteiger partial charge >= 0.3 is 0 Å². The van der Waals surface area contributed by atoms with Gasteiger partial charge in [-0.1, -0.05) is 0 Å². The molecule has 104 valence electrons.